The highest BCUT2D eigenvalue weighted by Crippen LogP contribution is 2.31. The fourth-order valence-corrected chi connectivity index (χ4v) is 2.49. The Hall–Kier alpha value is -2.81. The third-order valence-corrected chi connectivity index (χ3v) is 3.36. The molecule has 20 heavy (non-hydrogen) atoms. The van der Waals surface area contributed by atoms with E-state index in [0.717, 1.165) is 33.2 Å². The molecule has 3 heteroatoms. The fourth-order valence-electron chi connectivity index (χ4n) is 2.49. The standard InChI is InChI=1S/C17H11N3/c1-2-7-13-12(6-1)16(14-8-3-4-10-18-14)17-15(20-13)9-5-11-19-17/h1-11H. The van der Waals surface area contributed by atoms with E-state index in [4.69, 9.17) is 0 Å². The fraction of sp³-hybridized carbons (Fsp3) is 0. The largest absolute Gasteiger partial charge is 0.256 e. The molecule has 0 bridgehead atoms. The van der Waals surface area contributed by atoms with E-state index in [1.807, 2.05) is 48.5 Å². The van der Waals surface area contributed by atoms with Gasteiger partial charge >= 0.3 is 0 Å². The molecule has 3 heterocycles. The number of pyridine rings is 3. The summed E-state index contributed by atoms with van der Waals surface area (Å²) in [5.41, 5.74) is 4.73. The minimum absolute atomic E-state index is 0.893. The minimum Gasteiger partial charge on any atom is -0.256 e. The van der Waals surface area contributed by atoms with Gasteiger partial charge in [-0.2, -0.15) is 0 Å². The van der Waals surface area contributed by atoms with Crippen LogP contribution in [0.25, 0.3) is 33.2 Å². The number of fused-ring (bicyclic) bond motifs is 2. The highest BCUT2D eigenvalue weighted by molar-refractivity contribution is 6.06. The van der Waals surface area contributed by atoms with Crippen LogP contribution < -0.4 is 0 Å². The first-order valence-corrected chi connectivity index (χ1v) is 6.48. The smallest absolute Gasteiger partial charge is 0.0987 e. The number of hydrogen-bond donors (Lipinski definition) is 0. The normalized spacial score (nSPS) is 11.0. The van der Waals surface area contributed by atoms with E-state index in [1.165, 1.54) is 0 Å². The molecule has 0 N–H and O–H groups in total. The van der Waals surface area contributed by atoms with Gasteiger partial charge in [0, 0.05) is 23.3 Å². The summed E-state index contributed by atoms with van der Waals surface area (Å²) < 4.78 is 0. The van der Waals surface area contributed by atoms with E-state index in [9.17, 15) is 0 Å². The molecular weight excluding hydrogens is 246 g/mol. The Labute approximate surface area is 116 Å². The van der Waals surface area contributed by atoms with Gasteiger partial charge in [0.1, 0.15) is 0 Å². The maximum Gasteiger partial charge on any atom is 0.0987 e. The Morgan fingerprint density at radius 3 is 2.35 bits per heavy atom. The summed E-state index contributed by atoms with van der Waals surface area (Å²) in [6.45, 7) is 0. The van der Waals surface area contributed by atoms with E-state index >= 15 is 0 Å². The van der Waals surface area contributed by atoms with Gasteiger partial charge in [-0.3, -0.25) is 9.97 Å². The molecule has 0 amide bonds. The molecule has 0 radical (unpaired) electrons. The molecule has 3 nitrogen and oxygen atoms in total. The second-order valence-corrected chi connectivity index (χ2v) is 4.59. The quantitative estimate of drug-likeness (QED) is 0.486. The summed E-state index contributed by atoms with van der Waals surface area (Å²) in [7, 11) is 0. The lowest BCUT2D eigenvalue weighted by atomic mass is 10.0. The zero-order valence-electron chi connectivity index (χ0n) is 10.7. The highest BCUT2D eigenvalue weighted by atomic mass is 14.8. The van der Waals surface area contributed by atoms with Crippen LogP contribution in [0.1, 0.15) is 0 Å². The number of hydrogen-bond acceptors (Lipinski definition) is 3. The summed E-state index contributed by atoms with van der Waals surface area (Å²) in [5, 5.41) is 1.08. The molecule has 0 fully saturated rings. The average Bonchev–Trinajstić information content (AvgIpc) is 2.53. The third kappa shape index (κ3) is 1.64. The number of nitrogens with zero attached hydrogens (tertiary/aromatic N) is 3. The summed E-state index contributed by atoms with van der Waals surface area (Å²) in [6, 6.07) is 17.9. The van der Waals surface area contributed by atoms with Crippen molar-refractivity contribution in [3.63, 3.8) is 0 Å². The van der Waals surface area contributed by atoms with Crippen molar-refractivity contribution in [3.8, 4) is 11.3 Å². The van der Waals surface area contributed by atoms with Gasteiger partial charge in [-0.1, -0.05) is 24.3 Å². The van der Waals surface area contributed by atoms with Crippen molar-refractivity contribution < 1.29 is 0 Å². The Bertz CT molecular complexity index is 847. The predicted molar refractivity (Wildman–Crippen MR) is 80.3 cm³/mol. The molecule has 0 aliphatic rings. The molecule has 0 spiro atoms. The molecule has 4 aromatic rings. The van der Waals surface area contributed by atoms with Crippen molar-refractivity contribution in [1.29, 1.82) is 0 Å². The first kappa shape index (κ1) is 11.1. The molecule has 4 rings (SSSR count). The lowest BCUT2D eigenvalue weighted by Gasteiger charge is -2.09. The highest BCUT2D eigenvalue weighted by Gasteiger charge is 2.12. The van der Waals surface area contributed by atoms with Crippen LogP contribution in [0.4, 0.5) is 0 Å². The Morgan fingerprint density at radius 2 is 1.45 bits per heavy atom. The second-order valence-electron chi connectivity index (χ2n) is 4.59. The molecule has 3 aromatic heterocycles. The molecule has 0 aliphatic heterocycles. The van der Waals surface area contributed by atoms with Crippen LogP contribution in [-0.4, -0.2) is 15.0 Å². The average molecular weight is 257 g/mol. The summed E-state index contributed by atoms with van der Waals surface area (Å²) in [6.07, 6.45) is 3.60. The van der Waals surface area contributed by atoms with Gasteiger partial charge in [0.2, 0.25) is 0 Å². The monoisotopic (exact) mass is 257 g/mol. The van der Waals surface area contributed by atoms with Crippen molar-refractivity contribution in [2.45, 2.75) is 0 Å². The zero-order chi connectivity index (χ0) is 13.4. The number of aromatic nitrogens is 3. The summed E-state index contributed by atoms with van der Waals surface area (Å²) >= 11 is 0. The van der Waals surface area contributed by atoms with E-state index in [2.05, 4.69) is 21.0 Å². The first-order valence-electron chi connectivity index (χ1n) is 6.48. The van der Waals surface area contributed by atoms with Crippen molar-refractivity contribution in [2.24, 2.45) is 0 Å². The van der Waals surface area contributed by atoms with Crippen molar-refractivity contribution >= 4 is 21.9 Å². The van der Waals surface area contributed by atoms with Crippen LogP contribution in [-0.2, 0) is 0 Å². The lowest BCUT2D eigenvalue weighted by Crippen LogP contribution is -1.92. The van der Waals surface area contributed by atoms with Crippen LogP contribution >= 0.6 is 0 Å². The Balaban J connectivity index is 2.24. The Morgan fingerprint density at radius 1 is 0.650 bits per heavy atom. The van der Waals surface area contributed by atoms with Crippen molar-refractivity contribution in [3.05, 3.63) is 67.0 Å². The van der Waals surface area contributed by atoms with Gasteiger partial charge in [-0.05, 0) is 30.3 Å². The van der Waals surface area contributed by atoms with Gasteiger partial charge in [0.25, 0.3) is 0 Å². The van der Waals surface area contributed by atoms with E-state index in [1.54, 1.807) is 12.4 Å². The molecule has 0 atom stereocenters. The van der Waals surface area contributed by atoms with E-state index < -0.39 is 0 Å². The van der Waals surface area contributed by atoms with Crippen LogP contribution in [0.15, 0.2) is 67.0 Å². The zero-order valence-corrected chi connectivity index (χ0v) is 10.7. The number of benzene rings is 1. The van der Waals surface area contributed by atoms with Crippen molar-refractivity contribution in [1.82, 2.24) is 15.0 Å². The Kier molecular flexibility index (Phi) is 2.42. The second kappa shape index (κ2) is 4.38. The van der Waals surface area contributed by atoms with Crippen LogP contribution in [0.5, 0.6) is 0 Å². The van der Waals surface area contributed by atoms with Gasteiger partial charge in [-0.25, -0.2) is 4.98 Å². The SMILES string of the molecule is c1ccc(-c2c3ccccc3nc3cccnc23)nc1. The molecule has 94 valence electrons. The van der Waals surface area contributed by atoms with Gasteiger partial charge < -0.3 is 0 Å². The lowest BCUT2D eigenvalue weighted by molar-refractivity contribution is 1.31. The van der Waals surface area contributed by atoms with Crippen molar-refractivity contribution in [2.75, 3.05) is 0 Å². The van der Waals surface area contributed by atoms with Gasteiger partial charge in [0.05, 0.1) is 22.2 Å². The molecular formula is C17H11N3. The summed E-state index contributed by atoms with van der Waals surface area (Å²) in [4.78, 5) is 13.7. The van der Waals surface area contributed by atoms with Crippen LogP contribution in [0.2, 0.25) is 0 Å². The molecule has 0 unspecified atom stereocenters. The molecule has 0 aliphatic carbocycles. The maximum atomic E-state index is 4.67. The molecule has 1 aromatic carbocycles. The van der Waals surface area contributed by atoms with Gasteiger partial charge in [0.15, 0.2) is 0 Å². The molecule has 0 saturated carbocycles. The maximum absolute atomic E-state index is 4.67. The topological polar surface area (TPSA) is 38.7 Å². The summed E-state index contributed by atoms with van der Waals surface area (Å²) in [5.74, 6) is 0. The predicted octanol–water partition coefficient (Wildman–Crippen LogP) is 3.85. The van der Waals surface area contributed by atoms with Crippen LogP contribution in [0, 0.1) is 0 Å². The minimum atomic E-state index is 0.893. The number of para-hydroxylation sites is 1. The van der Waals surface area contributed by atoms with E-state index in [0.29, 0.717) is 0 Å². The van der Waals surface area contributed by atoms with Gasteiger partial charge in [-0.15, -0.1) is 0 Å². The number of rotatable bonds is 1. The van der Waals surface area contributed by atoms with Crippen LogP contribution in [0.3, 0.4) is 0 Å². The molecule has 0 saturated heterocycles. The third-order valence-electron chi connectivity index (χ3n) is 3.36. The first-order chi connectivity index (χ1) is 9.93. The van der Waals surface area contributed by atoms with E-state index in [-0.39, 0.29) is 0 Å².